The zero-order valence-electron chi connectivity index (χ0n) is 15.2. The lowest BCUT2D eigenvalue weighted by molar-refractivity contribution is 0.0999. The molecule has 0 aliphatic rings. The van der Waals surface area contributed by atoms with E-state index in [1.54, 1.807) is 14.2 Å². The van der Waals surface area contributed by atoms with Gasteiger partial charge >= 0.3 is 0 Å². The van der Waals surface area contributed by atoms with Gasteiger partial charge in [0, 0.05) is 23.5 Å². The molecule has 5 nitrogen and oxygen atoms in total. The molecule has 0 saturated heterocycles. The number of aromatic nitrogens is 1. The van der Waals surface area contributed by atoms with Crippen molar-refractivity contribution in [2.45, 2.75) is 13.5 Å². The van der Waals surface area contributed by atoms with Gasteiger partial charge in [-0.2, -0.15) is 0 Å². The fourth-order valence-corrected chi connectivity index (χ4v) is 3.03. The number of amides is 1. The SMILES string of the molecule is COc1ccc(Cn2c(-c3cccc(OC)c3)cc(C(N)=O)c2C)cc1. The first-order valence-electron chi connectivity index (χ1n) is 8.30. The summed E-state index contributed by atoms with van der Waals surface area (Å²) in [6, 6.07) is 17.5. The predicted molar refractivity (Wildman–Crippen MR) is 102 cm³/mol. The van der Waals surface area contributed by atoms with E-state index in [1.165, 1.54) is 0 Å². The van der Waals surface area contributed by atoms with Gasteiger partial charge < -0.3 is 19.8 Å². The molecule has 2 N–H and O–H groups in total. The molecule has 0 bridgehead atoms. The molecule has 1 amide bonds. The normalized spacial score (nSPS) is 10.6. The molecule has 0 saturated carbocycles. The van der Waals surface area contributed by atoms with Gasteiger partial charge in [0.2, 0.25) is 0 Å². The lowest BCUT2D eigenvalue weighted by Gasteiger charge is -2.13. The maximum absolute atomic E-state index is 11.8. The second-order valence-electron chi connectivity index (χ2n) is 6.06. The summed E-state index contributed by atoms with van der Waals surface area (Å²) in [6.45, 7) is 2.53. The first-order chi connectivity index (χ1) is 12.5. The Balaban J connectivity index is 2.08. The van der Waals surface area contributed by atoms with E-state index in [2.05, 4.69) is 4.57 Å². The first kappa shape index (κ1) is 17.6. The van der Waals surface area contributed by atoms with Gasteiger partial charge in [-0.1, -0.05) is 24.3 Å². The average Bonchev–Trinajstić information content (AvgIpc) is 2.99. The fourth-order valence-electron chi connectivity index (χ4n) is 3.03. The van der Waals surface area contributed by atoms with Crippen LogP contribution in [0.1, 0.15) is 21.6 Å². The van der Waals surface area contributed by atoms with Crippen LogP contribution in [0.4, 0.5) is 0 Å². The summed E-state index contributed by atoms with van der Waals surface area (Å²) in [7, 11) is 3.28. The molecule has 0 aliphatic carbocycles. The van der Waals surface area contributed by atoms with Crippen LogP contribution in [0.25, 0.3) is 11.3 Å². The Hall–Kier alpha value is -3.21. The zero-order valence-corrected chi connectivity index (χ0v) is 15.2. The summed E-state index contributed by atoms with van der Waals surface area (Å²) >= 11 is 0. The first-order valence-corrected chi connectivity index (χ1v) is 8.30. The Kier molecular flexibility index (Phi) is 4.98. The lowest BCUT2D eigenvalue weighted by Crippen LogP contribution is -2.12. The van der Waals surface area contributed by atoms with E-state index in [0.29, 0.717) is 12.1 Å². The highest BCUT2D eigenvalue weighted by Crippen LogP contribution is 2.29. The van der Waals surface area contributed by atoms with Gasteiger partial charge in [0.15, 0.2) is 0 Å². The van der Waals surface area contributed by atoms with Crippen LogP contribution >= 0.6 is 0 Å². The molecule has 2 aromatic carbocycles. The fraction of sp³-hybridized carbons (Fsp3) is 0.190. The summed E-state index contributed by atoms with van der Waals surface area (Å²) in [5.41, 5.74) is 9.92. The van der Waals surface area contributed by atoms with Crippen LogP contribution in [-0.2, 0) is 6.54 Å². The Labute approximate surface area is 153 Å². The Morgan fingerprint density at radius 3 is 2.31 bits per heavy atom. The van der Waals surface area contributed by atoms with Crippen LogP contribution < -0.4 is 15.2 Å². The quantitative estimate of drug-likeness (QED) is 0.738. The van der Waals surface area contributed by atoms with Crippen molar-refractivity contribution in [3.05, 3.63) is 71.4 Å². The van der Waals surface area contributed by atoms with Crippen molar-refractivity contribution in [1.82, 2.24) is 4.57 Å². The van der Waals surface area contributed by atoms with Crippen LogP contribution in [0.5, 0.6) is 11.5 Å². The number of primary amides is 1. The maximum atomic E-state index is 11.8. The summed E-state index contributed by atoms with van der Waals surface area (Å²) in [5.74, 6) is 1.14. The number of methoxy groups -OCH3 is 2. The highest BCUT2D eigenvalue weighted by atomic mass is 16.5. The number of hydrogen-bond acceptors (Lipinski definition) is 3. The van der Waals surface area contributed by atoms with E-state index < -0.39 is 5.91 Å². The van der Waals surface area contributed by atoms with Crippen molar-refractivity contribution >= 4 is 5.91 Å². The predicted octanol–water partition coefficient (Wildman–Crippen LogP) is 3.63. The molecular weight excluding hydrogens is 328 g/mol. The zero-order chi connectivity index (χ0) is 18.7. The van der Waals surface area contributed by atoms with Gasteiger partial charge in [0.1, 0.15) is 11.5 Å². The van der Waals surface area contributed by atoms with E-state index in [1.807, 2.05) is 61.5 Å². The second-order valence-corrected chi connectivity index (χ2v) is 6.06. The number of hydrogen-bond donors (Lipinski definition) is 1. The van der Waals surface area contributed by atoms with Crippen LogP contribution in [0, 0.1) is 6.92 Å². The molecule has 134 valence electrons. The molecule has 3 rings (SSSR count). The molecule has 0 unspecified atom stereocenters. The minimum Gasteiger partial charge on any atom is -0.497 e. The Bertz CT molecular complexity index is 927. The molecule has 0 fully saturated rings. The topological polar surface area (TPSA) is 66.5 Å². The Morgan fingerprint density at radius 2 is 1.69 bits per heavy atom. The molecular formula is C21H22N2O3. The molecule has 3 aromatic rings. The summed E-state index contributed by atoms with van der Waals surface area (Å²) in [5, 5.41) is 0. The largest absolute Gasteiger partial charge is 0.497 e. The number of rotatable bonds is 6. The van der Waals surface area contributed by atoms with Gasteiger partial charge in [0.25, 0.3) is 5.91 Å². The van der Waals surface area contributed by atoms with Crippen LogP contribution in [-0.4, -0.2) is 24.7 Å². The molecule has 1 aromatic heterocycles. The van der Waals surface area contributed by atoms with Gasteiger partial charge in [-0.15, -0.1) is 0 Å². The van der Waals surface area contributed by atoms with Crippen molar-refractivity contribution in [2.75, 3.05) is 14.2 Å². The molecule has 0 spiro atoms. The van der Waals surface area contributed by atoms with Gasteiger partial charge in [-0.25, -0.2) is 0 Å². The minimum atomic E-state index is -0.430. The molecule has 0 aliphatic heterocycles. The van der Waals surface area contributed by atoms with Crippen molar-refractivity contribution < 1.29 is 14.3 Å². The third kappa shape index (κ3) is 3.42. The maximum Gasteiger partial charge on any atom is 0.250 e. The highest BCUT2D eigenvalue weighted by Gasteiger charge is 2.17. The summed E-state index contributed by atoms with van der Waals surface area (Å²) in [4.78, 5) is 11.8. The third-order valence-electron chi connectivity index (χ3n) is 4.50. The highest BCUT2D eigenvalue weighted by molar-refractivity contribution is 5.95. The molecule has 5 heteroatoms. The van der Waals surface area contributed by atoms with Crippen molar-refractivity contribution in [3.63, 3.8) is 0 Å². The number of carbonyl (C=O) groups excluding carboxylic acids is 1. The Morgan fingerprint density at radius 1 is 1.00 bits per heavy atom. The number of ether oxygens (including phenoxy) is 2. The number of benzene rings is 2. The van der Waals surface area contributed by atoms with Gasteiger partial charge in [0.05, 0.1) is 19.8 Å². The summed E-state index contributed by atoms with van der Waals surface area (Å²) in [6.07, 6.45) is 0. The van der Waals surface area contributed by atoms with E-state index in [4.69, 9.17) is 15.2 Å². The van der Waals surface area contributed by atoms with Crippen molar-refractivity contribution in [3.8, 4) is 22.8 Å². The van der Waals surface area contributed by atoms with Crippen molar-refractivity contribution in [2.24, 2.45) is 5.73 Å². The van der Waals surface area contributed by atoms with Crippen LogP contribution in [0.3, 0.4) is 0 Å². The second kappa shape index (κ2) is 7.35. The van der Waals surface area contributed by atoms with E-state index >= 15 is 0 Å². The van der Waals surface area contributed by atoms with Gasteiger partial charge in [-0.05, 0) is 42.8 Å². The third-order valence-corrected chi connectivity index (χ3v) is 4.50. The van der Waals surface area contributed by atoms with Crippen molar-refractivity contribution in [1.29, 1.82) is 0 Å². The van der Waals surface area contributed by atoms with E-state index in [0.717, 1.165) is 34.0 Å². The molecule has 26 heavy (non-hydrogen) atoms. The minimum absolute atomic E-state index is 0.430. The van der Waals surface area contributed by atoms with Gasteiger partial charge in [-0.3, -0.25) is 4.79 Å². The smallest absolute Gasteiger partial charge is 0.250 e. The monoisotopic (exact) mass is 350 g/mol. The standard InChI is InChI=1S/C21H22N2O3/c1-14-19(21(22)24)12-20(16-5-4-6-18(11-16)26-3)23(14)13-15-7-9-17(25-2)10-8-15/h4-12H,13H2,1-3H3,(H2,22,24). The number of nitrogens with two attached hydrogens (primary N) is 1. The molecule has 1 heterocycles. The van der Waals surface area contributed by atoms with E-state index in [-0.39, 0.29) is 0 Å². The average molecular weight is 350 g/mol. The van der Waals surface area contributed by atoms with E-state index in [9.17, 15) is 4.79 Å². The summed E-state index contributed by atoms with van der Waals surface area (Å²) < 4.78 is 12.6. The molecule has 0 atom stereocenters. The van der Waals surface area contributed by atoms with Crippen LogP contribution in [0.2, 0.25) is 0 Å². The lowest BCUT2D eigenvalue weighted by atomic mass is 10.1. The molecule has 0 radical (unpaired) electrons. The van der Waals surface area contributed by atoms with Crippen LogP contribution in [0.15, 0.2) is 54.6 Å². The number of nitrogens with zero attached hydrogens (tertiary/aromatic N) is 1. The number of carbonyl (C=O) groups is 1.